The number of aromatic hydroxyl groups is 1. The number of benzene rings is 1. The number of carbonyl (C=O) groups is 1. The van der Waals surface area contributed by atoms with Crippen molar-refractivity contribution in [1.82, 2.24) is 19.4 Å². The quantitative estimate of drug-likeness (QED) is 0.226. The molecule has 3 aromatic rings. The van der Waals surface area contributed by atoms with Crippen molar-refractivity contribution in [2.24, 2.45) is 5.92 Å². The Hall–Kier alpha value is -4.04. The van der Waals surface area contributed by atoms with Gasteiger partial charge in [0.1, 0.15) is 28.1 Å². The molecular weight excluding hydrogens is 666 g/mol. The number of anilines is 1. The fourth-order valence-corrected chi connectivity index (χ4v) is 7.35. The average molecular weight is 700 g/mol. The fraction of sp³-hybridized carbons (Fsp3) is 0.353. The van der Waals surface area contributed by atoms with Gasteiger partial charge >= 0.3 is 0 Å². The van der Waals surface area contributed by atoms with Gasteiger partial charge in [0.25, 0.3) is 5.56 Å². The van der Waals surface area contributed by atoms with E-state index in [1.54, 1.807) is 11.0 Å². The molecule has 2 atom stereocenters. The molecule has 13 heteroatoms. The van der Waals surface area contributed by atoms with Crippen LogP contribution in [0.5, 0.6) is 5.75 Å². The molecule has 0 saturated carbocycles. The van der Waals surface area contributed by atoms with E-state index in [1.807, 2.05) is 56.8 Å². The number of carbonyl (C=O) groups excluding carboxylic acids is 1. The lowest BCUT2D eigenvalue weighted by atomic mass is 9.93. The first-order valence-electron chi connectivity index (χ1n) is 15.0. The predicted octanol–water partition coefficient (Wildman–Crippen LogP) is 6.99. The van der Waals surface area contributed by atoms with Gasteiger partial charge in [0, 0.05) is 43.7 Å². The summed E-state index contributed by atoms with van der Waals surface area (Å²) < 4.78 is 16.2. The van der Waals surface area contributed by atoms with E-state index in [4.69, 9.17) is 39.8 Å². The van der Waals surface area contributed by atoms with E-state index in [0.29, 0.717) is 36.4 Å². The van der Waals surface area contributed by atoms with Gasteiger partial charge in [0.2, 0.25) is 5.91 Å². The molecule has 1 amide bonds. The fourth-order valence-electron chi connectivity index (χ4n) is 6.68. The first-order chi connectivity index (χ1) is 22.2. The molecule has 0 bridgehead atoms. The van der Waals surface area contributed by atoms with Gasteiger partial charge in [0.15, 0.2) is 5.82 Å². The maximum atomic E-state index is 14.7. The predicted molar refractivity (Wildman–Crippen MR) is 186 cm³/mol. The van der Waals surface area contributed by atoms with Crippen LogP contribution in [0.2, 0.25) is 15.1 Å². The molecule has 2 aliphatic rings. The molecule has 2 aromatic heterocycles. The minimum Gasteiger partial charge on any atom is -0.506 e. The number of allylic oxidation sites excluding steroid dienone is 2. The van der Waals surface area contributed by atoms with Crippen molar-refractivity contribution < 1.29 is 14.3 Å². The molecule has 1 aromatic carbocycles. The van der Waals surface area contributed by atoms with E-state index in [0.717, 1.165) is 5.57 Å². The molecule has 1 N–H and O–H groups in total. The Morgan fingerprint density at radius 1 is 1.23 bits per heavy atom. The SMILES string of the molecule is C=CC(=O)N1CCN(c2c(C#N)c(=O)n(C3=C(C)C=CN(C)C3C(C)C)c3nc(-c4c(C)c(Cl)c(F)c(Cl)c4O)c(Cl)cc23)C[C@H]1C. The van der Waals surface area contributed by atoms with Crippen LogP contribution in [0, 0.1) is 30.0 Å². The molecule has 1 unspecified atom stereocenters. The van der Waals surface area contributed by atoms with Crippen LogP contribution in [0.3, 0.4) is 0 Å². The van der Waals surface area contributed by atoms with Gasteiger partial charge < -0.3 is 19.8 Å². The Morgan fingerprint density at radius 2 is 1.91 bits per heavy atom. The minimum absolute atomic E-state index is 0.00940. The van der Waals surface area contributed by atoms with Crippen LogP contribution in [-0.2, 0) is 4.79 Å². The Balaban J connectivity index is 1.92. The summed E-state index contributed by atoms with van der Waals surface area (Å²) in [6.07, 6.45) is 5.08. The molecule has 5 rings (SSSR count). The third-order valence-electron chi connectivity index (χ3n) is 8.92. The van der Waals surface area contributed by atoms with E-state index in [2.05, 4.69) is 12.6 Å². The molecule has 47 heavy (non-hydrogen) atoms. The highest BCUT2D eigenvalue weighted by Gasteiger charge is 2.35. The number of fused-ring (bicyclic) bond motifs is 1. The van der Waals surface area contributed by atoms with Crippen LogP contribution in [0.1, 0.15) is 38.8 Å². The zero-order chi connectivity index (χ0) is 34.6. The number of phenolic OH excluding ortho intramolecular Hbond substituents is 1. The number of nitrogens with zero attached hydrogens (tertiary/aromatic N) is 6. The summed E-state index contributed by atoms with van der Waals surface area (Å²) in [5, 5.41) is 21.1. The van der Waals surface area contributed by atoms with E-state index < -0.39 is 22.1 Å². The van der Waals surface area contributed by atoms with Gasteiger partial charge in [-0.3, -0.25) is 14.2 Å². The molecule has 0 aliphatic carbocycles. The van der Waals surface area contributed by atoms with Crippen molar-refractivity contribution in [2.45, 2.75) is 46.7 Å². The number of likely N-dealkylation sites (N-methyl/N-ethyl adjacent to an activating group) is 1. The number of phenols is 1. The highest BCUT2D eigenvalue weighted by molar-refractivity contribution is 6.38. The van der Waals surface area contributed by atoms with E-state index in [1.165, 1.54) is 17.6 Å². The minimum atomic E-state index is -0.984. The number of amides is 1. The summed E-state index contributed by atoms with van der Waals surface area (Å²) in [4.78, 5) is 37.6. The second-order valence-corrected chi connectivity index (χ2v) is 13.4. The summed E-state index contributed by atoms with van der Waals surface area (Å²) in [5.41, 5.74) is 1.39. The molecule has 2 aliphatic heterocycles. The topological polar surface area (TPSA) is 106 Å². The Labute approximate surface area is 287 Å². The highest BCUT2D eigenvalue weighted by atomic mass is 35.5. The summed E-state index contributed by atoms with van der Waals surface area (Å²) in [6, 6.07) is 3.19. The molecule has 9 nitrogen and oxygen atoms in total. The summed E-state index contributed by atoms with van der Waals surface area (Å²) in [5.74, 6) is -1.76. The average Bonchev–Trinajstić information content (AvgIpc) is 3.03. The summed E-state index contributed by atoms with van der Waals surface area (Å²) in [7, 11) is 1.91. The van der Waals surface area contributed by atoms with Gasteiger partial charge in [-0.15, -0.1) is 0 Å². The van der Waals surface area contributed by atoms with E-state index in [-0.39, 0.29) is 62.0 Å². The highest BCUT2D eigenvalue weighted by Crippen LogP contribution is 2.46. The van der Waals surface area contributed by atoms with Gasteiger partial charge in [0.05, 0.1) is 33.2 Å². The lowest BCUT2D eigenvalue weighted by Gasteiger charge is -2.41. The van der Waals surface area contributed by atoms with Crippen LogP contribution in [0.15, 0.2) is 41.4 Å². The van der Waals surface area contributed by atoms with Gasteiger partial charge in [-0.25, -0.2) is 9.37 Å². The maximum absolute atomic E-state index is 14.7. The van der Waals surface area contributed by atoms with Crippen molar-refractivity contribution in [2.75, 3.05) is 31.6 Å². The lowest BCUT2D eigenvalue weighted by Crippen LogP contribution is -2.54. The van der Waals surface area contributed by atoms with Crippen molar-refractivity contribution in [3.05, 3.63) is 78.9 Å². The molecule has 1 saturated heterocycles. The number of rotatable bonds is 5. The standard InChI is InChI=1S/C34H34Cl3FN6O3/c1-8-23(45)43-12-11-42(15-18(43)5)31-20-13-22(35)28(24-19(6)25(36)27(38)26(37)32(24)46)40-33(20)44(34(47)21(31)14-39)30-17(4)9-10-41(7)29(30)16(2)3/h8-10,13,16,18,29,46H,1,11-12,15H2,2-7H3/t18-,29?/m1/s1. The maximum Gasteiger partial charge on any atom is 0.276 e. The third-order valence-corrected chi connectivity index (χ3v) is 10.00. The largest absolute Gasteiger partial charge is 0.506 e. The van der Waals surface area contributed by atoms with Gasteiger partial charge in [-0.1, -0.05) is 55.2 Å². The number of hydrogen-bond acceptors (Lipinski definition) is 7. The van der Waals surface area contributed by atoms with Gasteiger partial charge in [-0.05, 0) is 62.2 Å². The van der Waals surface area contributed by atoms with Gasteiger partial charge in [-0.2, -0.15) is 5.26 Å². The first-order valence-corrected chi connectivity index (χ1v) is 16.1. The molecule has 246 valence electrons. The molecule has 1 fully saturated rings. The molecule has 4 heterocycles. The molecule has 0 spiro atoms. The Kier molecular flexibility index (Phi) is 9.39. The lowest BCUT2D eigenvalue weighted by molar-refractivity contribution is -0.128. The number of nitriles is 1. The van der Waals surface area contributed by atoms with Crippen molar-refractivity contribution >= 4 is 63.1 Å². The zero-order valence-electron chi connectivity index (χ0n) is 26.8. The summed E-state index contributed by atoms with van der Waals surface area (Å²) in [6.45, 7) is 13.9. The van der Waals surface area contributed by atoms with Crippen LogP contribution in [0.4, 0.5) is 10.1 Å². The monoisotopic (exact) mass is 698 g/mol. The van der Waals surface area contributed by atoms with Crippen molar-refractivity contribution in [1.29, 1.82) is 5.26 Å². The second-order valence-electron chi connectivity index (χ2n) is 12.2. The van der Waals surface area contributed by atoms with Crippen LogP contribution < -0.4 is 10.5 Å². The second kappa shape index (κ2) is 12.9. The summed E-state index contributed by atoms with van der Waals surface area (Å²) >= 11 is 19.3. The van der Waals surface area contributed by atoms with E-state index in [9.17, 15) is 24.3 Å². The van der Waals surface area contributed by atoms with Crippen LogP contribution in [0.25, 0.3) is 28.0 Å². The number of hydrogen-bond donors (Lipinski definition) is 1. The number of halogens is 4. The molecule has 0 radical (unpaired) electrons. The van der Waals surface area contributed by atoms with Crippen LogP contribution in [-0.4, -0.2) is 69.1 Å². The third kappa shape index (κ3) is 5.54. The van der Waals surface area contributed by atoms with Crippen LogP contribution >= 0.6 is 34.8 Å². The molecular formula is C34H34Cl3FN6O3. The number of aromatic nitrogens is 2. The number of piperazine rings is 1. The Bertz CT molecular complexity index is 1990. The van der Waals surface area contributed by atoms with E-state index >= 15 is 0 Å². The van der Waals surface area contributed by atoms with Crippen molar-refractivity contribution in [3.8, 4) is 23.1 Å². The Morgan fingerprint density at radius 3 is 2.51 bits per heavy atom. The first kappa shape index (κ1) is 34.3. The van der Waals surface area contributed by atoms with Crippen molar-refractivity contribution in [3.63, 3.8) is 0 Å². The zero-order valence-corrected chi connectivity index (χ0v) is 29.1. The smallest absolute Gasteiger partial charge is 0.276 e. The normalized spacial score (nSPS) is 18.4. The number of pyridine rings is 2.